The quantitative estimate of drug-likeness (QED) is 0.450. The van der Waals surface area contributed by atoms with Gasteiger partial charge in [-0.25, -0.2) is 9.97 Å². The van der Waals surface area contributed by atoms with Gasteiger partial charge in [-0.2, -0.15) is 10.6 Å². The van der Waals surface area contributed by atoms with Gasteiger partial charge in [-0.1, -0.05) is 6.92 Å². The average Bonchev–Trinajstić information content (AvgIpc) is 3.15. The van der Waals surface area contributed by atoms with E-state index in [2.05, 4.69) is 16.5 Å². The zero-order valence-corrected chi connectivity index (χ0v) is 19.8. The molecule has 4 rings (SSSR count). The molecule has 0 radical (unpaired) electrons. The average molecular weight is 478 g/mol. The van der Waals surface area contributed by atoms with Crippen LogP contribution in [0.5, 0.6) is 5.75 Å². The Morgan fingerprint density at radius 3 is 2.67 bits per heavy atom. The molecule has 180 valence electrons. The Bertz CT molecular complexity index is 1160. The molecule has 10 nitrogen and oxygen atoms in total. The zero-order chi connectivity index (χ0) is 23.6. The van der Waals surface area contributed by atoms with Crippen LogP contribution in [-0.2, 0) is 22.7 Å². The minimum absolute atomic E-state index is 0.125. The number of hydrogen-bond donors (Lipinski definition) is 3. The van der Waals surface area contributed by atoms with Crippen molar-refractivity contribution in [2.24, 2.45) is 0 Å². The van der Waals surface area contributed by atoms with Gasteiger partial charge < -0.3 is 24.7 Å². The fourth-order valence-corrected chi connectivity index (χ4v) is 5.24. The molecule has 1 aromatic carbocycles. The number of amides is 1. The maximum Gasteiger partial charge on any atom is 0.260 e. The van der Waals surface area contributed by atoms with Gasteiger partial charge in [-0.15, -0.1) is 0 Å². The molecule has 11 heteroatoms. The predicted octanol–water partition coefficient (Wildman–Crippen LogP) is 3.08. The van der Waals surface area contributed by atoms with Crippen molar-refractivity contribution in [3.05, 3.63) is 24.0 Å². The van der Waals surface area contributed by atoms with Crippen molar-refractivity contribution in [1.82, 2.24) is 19.4 Å². The number of fused-ring (bicyclic) bond motifs is 3. The first-order valence-corrected chi connectivity index (χ1v) is 13.0. The second kappa shape index (κ2) is 9.72. The highest BCUT2D eigenvalue weighted by atomic mass is 32.3. The van der Waals surface area contributed by atoms with E-state index in [1.54, 1.807) is 11.0 Å². The normalized spacial score (nSPS) is 16.9. The van der Waals surface area contributed by atoms with Crippen molar-refractivity contribution in [1.29, 1.82) is 0 Å². The first-order chi connectivity index (χ1) is 15.8. The first kappa shape index (κ1) is 23.6. The first-order valence-electron chi connectivity index (χ1n) is 11.1. The Morgan fingerprint density at radius 2 is 1.97 bits per heavy atom. The number of aromatic nitrogens is 3. The summed E-state index contributed by atoms with van der Waals surface area (Å²) in [6.07, 6.45) is 0.916. The molecule has 2 aromatic heterocycles. The van der Waals surface area contributed by atoms with Gasteiger partial charge in [-0.05, 0) is 31.5 Å². The molecular formula is C22H31N5O5S. The van der Waals surface area contributed by atoms with Crippen LogP contribution in [0.4, 0.5) is 5.82 Å². The lowest BCUT2D eigenvalue weighted by atomic mass is 10.1. The van der Waals surface area contributed by atoms with Gasteiger partial charge in [-0.3, -0.25) is 13.9 Å². The SMILES string of the molecule is CCCn1c(COCC)nc2c(N)nc3ccc(OCC(=O)N4CCS(O)(O)CC4)cc3c21. The molecule has 1 aliphatic heterocycles. The van der Waals surface area contributed by atoms with Gasteiger partial charge in [0.1, 0.15) is 23.7 Å². The molecule has 1 amide bonds. The lowest BCUT2D eigenvalue weighted by Gasteiger charge is -2.40. The summed E-state index contributed by atoms with van der Waals surface area (Å²) in [6, 6.07) is 5.46. The van der Waals surface area contributed by atoms with E-state index in [0.717, 1.165) is 35.2 Å². The Labute approximate surface area is 194 Å². The third-order valence-corrected chi connectivity index (χ3v) is 7.40. The monoisotopic (exact) mass is 477 g/mol. The van der Waals surface area contributed by atoms with Gasteiger partial charge >= 0.3 is 0 Å². The molecule has 0 spiro atoms. The molecule has 0 bridgehead atoms. The summed E-state index contributed by atoms with van der Waals surface area (Å²) in [5, 5.41) is 0.847. The van der Waals surface area contributed by atoms with E-state index >= 15 is 0 Å². The Hall–Kier alpha value is -2.60. The highest BCUT2D eigenvalue weighted by Gasteiger charge is 2.25. The Balaban J connectivity index is 1.62. The number of rotatable bonds is 8. The number of pyridine rings is 1. The molecule has 1 fully saturated rings. The molecule has 0 unspecified atom stereocenters. The summed E-state index contributed by atoms with van der Waals surface area (Å²) >= 11 is 0. The van der Waals surface area contributed by atoms with Crippen LogP contribution in [-0.4, -0.2) is 72.3 Å². The minimum Gasteiger partial charge on any atom is -0.484 e. The maximum atomic E-state index is 12.5. The molecule has 1 saturated heterocycles. The summed E-state index contributed by atoms with van der Waals surface area (Å²) in [5.41, 5.74) is 8.46. The summed E-state index contributed by atoms with van der Waals surface area (Å²) < 4.78 is 33.0. The highest BCUT2D eigenvalue weighted by Crippen LogP contribution is 2.40. The number of anilines is 1. The third-order valence-electron chi connectivity index (χ3n) is 5.73. The van der Waals surface area contributed by atoms with Gasteiger partial charge in [0, 0.05) is 31.6 Å². The Kier molecular flexibility index (Phi) is 6.94. The topological polar surface area (TPSA) is 136 Å². The van der Waals surface area contributed by atoms with Crippen LogP contribution in [0.15, 0.2) is 18.2 Å². The summed E-state index contributed by atoms with van der Waals surface area (Å²) in [6.45, 7) is 6.30. The number of benzene rings is 1. The second-order valence-corrected chi connectivity index (χ2v) is 10.5. The van der Waals surface area contributed by atoms with E-state index in [1.807, 2.05) is 19.1 Å². The third kappa shape index (κ3) is 5.01. The van der Waals surface area contributed by atoms with Gasteiger partial charge in [0.2, 0.25) is 0 Å². The van der Waals surface area contributed by atoms with Gasteiger partial charge in [0.05, 0.1) is 22.5 Å². The smallest absolute Gasteiger partial charge is 0.260 e. The van der Waals surface area contributed by atoms with Crippen LogP contribution in [0.2, 0.25) is 0 Å². The number of aryl methyl sites for hydroxylation is 1. The summed E-state index contributed by atoms with van der Waals surface area (Å²) in [7, 11) is -2.55. The van der Waals surface area contributed by atoms with Crippen LogP contribution in [0.25, 0.3) is 21.9 Å². The molecular weight excluding hydrogens is 446 g/mol. The molecule has 0 atom stereocenters. The number of nitrogens with zero attached hydrogens (tertiary/aromatic N) is 4. The largest absolute Gasteiger partial charge is 0.484 e. The second-order valence-electron chi connectivity index (χ2n) is 8.07. The predicted molar refractivity (Wildman–Crippen MR) is 130 cm³/mol. The molecule has 0 aliphatic carbocycles. The van der Waals surface area contributed by atoms with Gasteiger partial charge in [0.15, 0.2) is 12.4 Å². The zero-order valence-electron chi connectivity index (χ0n) is 19.0. The van der Waals surface area contributed by atoms with E-state index in [1.165, 1.54) is 0 Å². The van der Waals surface area contributed by atoms with Crippen molar-refractivity contribution < 1.29 is 23.4 Å². The van der Waals surface area contributed by atoms with E-state index < -0.39 is 10.6 Å². The van der Waals surface area contributed by atoms with E-state index in [9.17, 15) is 13.9 Å². The van der Waals surface area contributed by atoms with E-state index in [4.69, 9.17) is 20.2 Å². The standard InChI is InChI=1S/C22H31N5O5S/c1-3-7-27-18(13-31-4-2)25-20-21(27)16-12-15(5-6-17(16)24-22(20)23)32-14-19(28)26-8-10-33(29,30)11-9-26/h5-6,12,29-30H,3-4,7-11,13-14H2,1-2H3,(H2,23,24). The number of carbonyl (C=O) groups is 1. The number of ether oxygens (including phenoxy) is 2. The number of nitrogens with two attached hydrogens (primary N) is 1. The molecule has 33 heavy (non-hydrogen) atoms. The number of carbonyl (C=O) groups excluding carboxylic acids is 1. The van der Waals surface area contributed by atoms with Crippen LogP contribution in [0, 0.1) is 0 Å². The Morgan fingerprint density at radius 1 is 1.21 bits per heavy atom. The van der Waals surface area contributed by atoms with Crippen LogP contribution in [0.3, 0.4) is 0 Å². The number of nitrogen functional groups attached to an aromatic ring is 1. The number of imidazole rings is 1. The van der Waals surface area contributed by atoms with Crippen LogP contribution in [0.1, 0.15) is 26.1 Å². The molecule has 3 aromatic rings. The lowest BCUT2D eigenvalue weighted by molar-refractivity contribution is -0.133. The molecule has 0 saturated carbocycles. The van der Waals surface area contributed by atoms with E-state index in [-0.39, 0.29) is 24.0 Å². The van der Waals surface area contributed by atoms with Crippen molar-refractivity contribution in [3.63, 3.8) is 0 Å². The van der Waals surface area contributed by atoms with Crippen molar-refractivity contribution in [2.75, 3.05) is 43.5 Å². The fourth-order valence-electron chi connectivity index (χ4n) is 4.01. The summed E-state index contributed by atoms with van der Waals surface area (Å²) in [4.78, 5) is 23.4. The van der Waals surface area contributed by atoms with Crippen molar-refractivity contribution in [3.8, 4) is 5.75 Å². The number of hydrogen-bond acceptors (Lipinski definition) is 8. The lowest BCUT2D eigenvalue weighted by Crippen LogP contribution is -2.44. The molecule has 4 N–H and O–H groups in total. The molecule has 3 heterocycles. The van der Waals surface area contributed by atoms with Crippen LogP contribution >= 0.6 is 10.6 Å². The summed E-state index contributed by atoms with van der Waals surface area (Å²) in [5.74, 6) is 1.95. The van der Waals surface area contributed by atoms with E-state index in [0.29, 0.717) is 43.4 Å². The molecule has 1 aliphatic rings. The van der Waals surface area contributed by atoms with Gasteiger partial charge in [0.25, 0.3) is 5.91 Å². The maximum absolute atomic E-state index is 12.5. The fraction of sp³-hybridized carbons (Fsp3) is 0.500. The highest BCUT2D eigenvalue weighted by molar-refractivity contribution is 8.24. The van der Waals surface area contributed by atoms with Crippen LogP contribution < -0.4 is 10.5 Å². The van der Waals surface area contributed by atoms with Crippen molar-refractivity contribution >= 4 is 44.3 Å². The van der Waals surface area contributed by atoms with Crippen molar-refractivity contribution in [2.45, 2.75) is 33.4 Å². The minimum atomic E-state index is -2.55.